The Morgan fingerprint density at radius 1 is 1.19 bits per heavy atom. The van der Waals surface area contributed by atoms with Crippen LogP contribution in [0.25, 0.3) is 6.08 Å². The van der Waals surface area contributed by atoms with Gasteiger partial charge in [0.2, 0.25) is 0 Å². The number of tetrazole rings is 1. The molecule has 0 bridgehead atoms. The monoisotopic (exact) mass is 581 g/mol. The molecule has 1 aliphatic heterocycles. The van der Waals surface area contributed by atoms with E-state index < -0.39 is 30.7 Å². The summed E-state index contributed by atoms with van der Waals surface area (Å²) in [5.41, 5.74) is 1.66. The van der Waals surface area contributed by atoms with Crippen molar-refractivity contribution < 1.29 is 9.53 Å². The minimum absolute atomic E-state index is 0.223. The molecule has 0 radical (unpaired) electrons. The molecule has 3 heterocycles. The van der Waals surface area contributed by atoms with Crippen LogP contribution in [0.3, 0.4) is 0 Å². The van der Waals surface area contributed by atoms with E-state index in [0.717, 1.165) is 5.56 Å². The van der Waals surface area contributed by atoms with Crippen LogP contribution in [0.2, 0.25) is 24.9 Å². The predicted octanol–water partition coefficient (Wildman–Crippen LogP) is 4.87. The van der Waals surface area contributed by atoms with Crippen molar-refractivity contribution in [2.24, 2.45) is 0 Å². The van der Waals surface area contributed by atoms with Gasteiger partial charge < -0.3 is 0 Å². The first kappa shape index (κ1) is 22.8. The van der Waals surface area contributed by atoms with Gasteiger partial charge in [0.05, 0.1) is 0 Å². The Morgan fingerprint density at radius 2 is 1.91 bits per heavy atom. The van der Waals surface area contributed by atoms with Crippen LogP contribution in [0, 0.1) is 0 Å². The molecule has 1 atom stereocenters. The van der Waals surface area contributed by atoms with E-state index >= 15 is 0 Å². The van der Waals surface area contributed by atoms with Crippen molar-refractivity contribution in [2.45, 2.75) is 20.9 Å². The van der Waals surface area contributed by atoms with E-state index in [1.54, 1.807) is 16.2 Å². The Morgan fingerprint density at radius 3 is 2.53 bits per heavy atom. The minimum atomic E-state index is -2.64. The van der Waals surface area contributed by atoms with E-state index in [-0.39, 0.29) is 15.7 Å². The summed E-state index contributed by atoms with van der Waals surface area (Å²) in [6.07, 6.45) is 6.60. The number of hydrogen-bond acceptors (Lipinski definition) is 6. The maximum atomic E-state index is 13.6. The number of carbonyl (C=O) groups is 1. The van der Waals surface area contributed by atoms with Crippen LogP contribution < -0.4 is 15.0 Å². The van der Waals surface area contributed by atoms with Crippen molar-refractivity contribution in [2.75, 3.05) is 17.3 Å². The van der Waals surface area contributed by atoms with Gasteiger partial charge in [-0.2, -0.15) is 0 Å². The number of methoxy groups -OCH3 is 1. The van der Waals surface area contributed by atoms with Crippen molar-refractivity contribution in [3.8, 4) is 5.75 Å². The average molecular weight is 581 g/mol. The number of aromatic nitrogens is 5. The van der Waals surface area contributed by atoms with Crippen LogP contribution in [0.15, 0.2) is 36.7 Å². The van der Waals surface area contributed by atoms with Gasteiger partial charge in [-0.25, -0.2) is 0 Å². The number of nitrogens with one attached hydrogen (secondary N) is 1. The molecule has 3 aromatic rings. The average Bonchev–Trinajstić information content (AvgIpc) is 3.25. The van der Waals surface area contributed by atoms with Crippen molar-refractivity contribution in [3.63, 3.8) is 0 Å². The normalized spacial score (nSPS) is 15.4. The van der Waals surface area contributed by atoms with Crippen molar-refractivity contribution in [1.29, 1.82) is 0 Å². The molecule has 32 heavy (non-hydrogen) atoms. The molecule has 0 fully saturated rings. The van der Waals surface area contributed by atoms with Gasteiger partial charge in [0, 0.05) is 0 Å². The second kappa shape index (κ2) is 8.87. The summed E-state index contributed by atoms with van der Waals surface area (Å²) in [6, 6.07) is 4.46. The number of benzene rings is 1. The third-order valence-corrected chi connectivity index (χ3v) is 9.36. The van der Waals surface area contributed by atoms with Gasteiger partial charge in [0.1, 0.15) is 0 Å². The number of pyridine rings is 1. The number of fused-ring (bicyclic) bond motifs is 1. The van der Waals surface area contributed by atoms with E-state index in [2.05, 4.69) is 40.5 Å². The number of urea groups is 1. The topological polar surface area (TPSA) is 98.1 Å². The Hall–Kier alpha value is -2.37. The van der Waals surface area contributed by atoms with Crippen LogP contribution in [0.1, 0.15) is 17.4 Å². The fraction of sp³-hybridized carbons (Fsp3) is 0.250. The van der Waals surface area contributed by atoms with E-state index in [1.807, 2.05) is 24.3 Å². The molecule has 1 aromatic carbocycles. The van der Waals surface area contributed by atoms with Crippen LogP contribution in [0.4, 0.5) is 16.2 Å². The molecule has 0 saturated carbocycles. The molecule has 2 aromatic heterocycles. The zero-order chi connectivity index (χ0) is 23.0. The summed E-state index contributed by atoms with van der Waals surface area (Å²) < 4.78 is 7.29. The quantitative estimate of drug-likeness (QED) is 0.442. The number of carbonyl (C=O) groups excluding carboxylic acids is 1. The number of rotatable bonds is 4. The van der Waals surface area contributed by atoms with Gasteiger partial charge in [-0.15, -0.1) is 0 Å². The fourth-order valence-electron chi connectivity index (χ4n) is 3.27. The van der Waals surface area contributed by atoms with Crippen LogP contribution in [-0.2, 0) is 0 Å². The first-order valence-corrected chi connectivity index (χ1v) is 20.3. The molecule has 1 N–H and O–H groups in total. The Kier molecular flexibility index (Phi) is 6.32. The van der Waals surface area contributed by atoms with Gasteiger partial charge in [-0.3, -0.25) is 0 Å². The summed E-state index contributed by atoms with van der Waals surface area (Å²) in [4.78, 5) is 25.6. The molecular weight excluding hydrogens is 560 g/mol. The number of para-hydroxylation sites is 1. The van der Waals surface area contributed by atoms with Gasteiger partial charge in [0.15, 0.2) is 0 Å². The molecule has 2 amide bonds. The third-order valence-electron chi connectivity index (χ3n) is 4.83. The maximum absolute atomic E-state index is 13.6. The zero-order valence-corrected chi connectivity index (χ0v) is 22.2. The van der Waals surface area contributed by atoms with E-state index in [4.69, 9.17) is 27.9 Å². The molecule has 4 rings (SSSR count). The van der Waals surface area contributed by atoms with E-state index in [1.165, 1.54) is 17.3 Å². The number of amides is 2. The van der Waals surface area contributed by atoms with Crippen molar-refractivity contribution in [3.05, 3.63) is 58.1 Å². The number of halogens is 2. The van der Waals surface area contributed by atoms with E-state index in [9.17, 15) is 4.79 Å². The predicted molar refractivity (Wildman–Crippen MR) is 127 cm³/mol. The Bertz CT molecular complexity index is 1190. The first-order valence-electron chi connectivity index (χ1n) is 9.75. The van der Waals surface area contributed by atoms with Crippen LogP contribution in [-0.4, -0.2) is 55.2 Å². The summed E-state index contributed by atoms with van der Waals surface area (Å²) in [7, 11) is 1.55. The van der Waals surface area contributed by atoms with E-state index in [0.29, 0.717) is 17.3 Å². The van der Waals surface area contributed by atoms with Gasteiger partial charge in [-0.05, 0) is 0 Å². The zero-order valence-electron chi connectivity index (χ0n) is 17.9. The van der Waals surface area contributed by atoms with Crippen molar-refractivity contribution in [1.82, 2.24) is 23.4 Å². The number of hydrogen-bond donors (Lipinski definition) is 1. The molecule has 1 unspecified atom stereocenters. The van der Waals surface area contributed by atoms with Gasteiger partial charge in [-0.1, -0.05) is 0 Å². The van der Waals surface area contributed by atoms with Crippen molar-refractivity contribution >= 4 is 65.3 Å². The molecule has 0 saturated heterocycles. The molecule has 9 nitrogen and oxygen atoms in total. The molecule has 1 aliphatic rings. The van der Waals surface area contributed by atoms with Gasteiger partial charge in [0.25, 0.3) is 0 Å². The fourth-order valence-corrected chi connectivity index (χ4v) is 5.77. The van der Waals surface area contributed by atoms with Gasteiger partial charge >= 0.3 is 200 Å². The van der Waals surface area contributed by atoms with Crippen LogP contribution >= 0.6 is 23.2 Å². The first-order chi connectivity index (χ1) is 15.2. The molecule has 0 spiro atoms. The second-order valence-electron chi connectivity index (χ2n) is 8.09. The summed E-state index contributed by atoms with van der Waals surface area (Å²) in [5.74, 6) is 0.938. The number of anilines is 2. The molecule has 12 heteroatoms. The third kappa shape index (κ3) is 4.28. The SMILES string of the molecule is COc1cccc2c1N(C(=O)Nc1c(Cl)cncc1Cl)C(c1nn[n]([Sn]([CH3])([CH3])[CH3])n1)C=C2. The standard InChI is InChI=1S/C17H13Cl2N7O2.3CH3.Sn/c1-28-13-4-2-3-9-5-6-12(16-22-24-25-23-16)26(15(9)13)17(27)21-14-10(18)7-20-8-11(14)19;;;;/h2-8,12H,1H3,(H2,20,21,22,23,24,25,27);3*1H3;/q;;;;+1/p-1. The Balaban J connectivity index is 1.81. The summed E-state index contributed by atoms with van der Waals surface area (Å²) in [5, 5.41) is 16.4. The molecule has 166 valence electrons. The second-order valence-corrected chi connectivity index (χ2v) is 22.4. The summed E-state index contributed by atoms with van der Waals surface area (Å²) in [6.45, 7) is 0. The number of ether oxygens (including phenoxy) is 1. The summed E-state index contributed by atoms with van der Waals surface area (Å²) >= 11 is 9.82. The molecular formula is C20H21Cl2N7O2Sn. The number of nitrogens with zero attached hydrogens (tertiary/aromatic N) is 6. The molecule has 0 aliphatic carbocycles. The van der Waals surface area contributed by atoms with Crippen LogP contribution in [0.5, 0.6) is 5.75 Å². The Labute approximate surface area is 199 Å².